The van der Waals surface area contributed by atoms with E-state index in [4.69, 9.17) is 5.10 Å². The molecule has 1 aromatic heterocycles. The fourth-order valence-electron chi connectivity index (χ4n) is 7.42. The van der Waals surface area contributed by atoms with Gasteiger partial charge in [0.2, 0.25) is 6.41 Å². The van der Waals surface area contributed by atoms with E-state index in [1.54, 1.807) is 0 Å². The van der Waals surface area contributed by atoms with Gasteiger partial charge in [0.1, 0.15) is 0 Å². The molecule has 2 aromatic rings. The number of piperazine rings is 1. The fourth-order valence-corrected chi connectivity index (χ4v) is 7.42. The number of aromatic nitrogens is 4. The lowest BCUT2D eigenvalue weighted by molar-refractivity contribution is -0.158. The first kappa shape index (κ1) is 18.5. The molecule has 1 aliphatic heterocycles. The zero-order chi connectivity index (χ0) is 20.3. The zero-order valence-corrected chi connectivity index (χ0v) is 17.7. The number of hydrogen-bond acceptors (Lipinski definition) is 5. The molecule has 158 valence electrons. The van der Waals surface area contributed by atoms with Crippen LogP contribution in [-0.2, 0) is 10.3 Å². The van der Waals surface area contributed by atoms with Gasteiger partial charge in [-0.1, -0.05) is 17.7 Å². The highest BCUT2D eigenvalue weighted by molar-refractivity contribution is 5.47. The molecule has 2 heterocycles. The van der Waals surface area contributed by atoms with Gasteiger partial charge in [-0.15, -0.1) is 5.10 Å². The van der Waals surface area contributed by atoms with Crippen molar-refractivity contribution < 1.29 is 4.79 Å². The summed E-state index contributed by atoms with van der Waals surface area (Å²) in [4.78, 5) is 15.9. The Bertz CT molecular complexity index is 901. The number of rotatable bonds is 4. The third kappa shape index (κ3) is 2.60. The summed E-state index contributed by atoms with van der Waals surface area (Å²) < 4.78 is 2.01. The van der Waals surface area contributed by atoms with Crippen molar-refractivity contribution in [2.24, 2.45) is 23.7 Å². The molecule has 0 radical (unpaired) electrons. The van der Waals surface area contributed by atoms with Crippen molar-refractivity contribution in [3.8, 4) is 5.69 Å². The monoisotopic (exact) mass is 406 g/mol. The van der Waals surface area contributed by atoms with Crippen molar-refractivity contribution in [3.63, 3.8) is 0 Å². The van der Waals surface area contributed by atoms with Crippen LogP contribution in [0.15, 0.2) is 24.3 Å². The summed E-state index contributed by atoms with van der Waals surface area (Å²) in [5.74, 6) is 3.99. The molecular formula is C23H30N6O. The average molecular weight is 407 g/mol. The first-order valence-electron chi connectivity index (χ1n) is 11.5. The summed E-state index contributed by atoms with van der Waals surface area (Å²) in [6.07, 6.45) is 7.59. The van der Waals surface area contributed by atoms with Crippen LogP contribution in [0, 0.1) is 30.6 Å². The van der Waals surface area contributed by atoms with Gasteiger partial charge < -0.3 is 4.90 Å². The number of carbonyl (C=O) groups excluding carboxylic acids is 1. The van der Waals surface area contributed by atoms with E-state index in [1.165, 1.54) is 37.7 Å². The maximum absolute atomic E-state index is 11.3. The number of carbonyl (C=O) groups is 1. The van der Waals surface area contributed by atoms with E-state index < -0.39 is 0 Å². The lowest BCUT2D eigenvalue weighted by Crippen LogP contribution is -2.67. The van der Waals surface area contributed by atoms with Gasteiger partial charge >= 0.3 is 0 Å². The topological polar surface area (TPSA) is 67.2 Å². The summed E-state index contributed by atoms with van der Waals surface area (Å²) in [5.41, 5.74) is 2.17. The Hall–Kier alpha value is -2.28. The van der Waals surface area contributed by atoms with Crippen molar-refractivity contribution >= 4 is 6.41 Å². The Morgan fingerprint density at radius 2 is 1.57 bits per heavy atom. The maximum atomic E-state index is 11.3. The van der Waals surface area contributed by atoms with Crippen LogP contribution in [0.4, 0.5) is 0 Å². The van der Waals surface area contributed by atoms with Crippen molar-refractivity contribution in [1.29, 1.82) is 0 Å². The third-order valence-electron chi connectivity index (χ3n) is 8.48. The Kier molecular flexibility index (Phi) is 4.23. The van der Waals surface area contributed by atoms with E-state index >= 15 is 0 Å². The molecule has 30 heavy (non-hydrogen) atoms. The van der Waals surface area contributed by atoms with E-state index in [0.717, 1.165) is 55.9 Å². The van der Waals surface area contributed by atoms with Crippen LogP contribution >= 0.6 is 0 Å². The number of amides is 1. The minimum Gasteiger partial charge on any atom is -0.343 e. The minimum atomic E-state index is -0.114. The van der Waals surface area contributed by atoms with Gasteiger partial charge in [0.15, 0.2) is 5.82 Å². The molecule has 7 rings (SSSR count). The average Bonchev–Trinajstić information content (AvgIpc) is 3.24. The number of aryl methyl sites for hydroxylation is 1. The van der Waals surface area contributed by atoms with E-state index in [0.29, 0.717) is 11.8 Å². The van der Waals surface area contributed by atoms with Crippen LogP contribution in [0.1, 0.15) is 43.5 Å². The van der Waals surface area contributed by atoms with Gasteiger partial charge in [0.05, 0.1) is 11.2 Å². The highest BCUT2D eigenvalue weighted by Crippen LogP contribution is 2.63. The highest BCUT2D eigenvalue weighted by Gasteiger charge is 2.63. The van der Waals surface area contributed by atoms with Crippen LogP contribution in [0.5, 0.6) is 0 Å². The standard InChI is InChI=1S/C23H30N6O/c1-16-2-4-21(5-3-16)29-22(24-25-26-29)23(28-8-6-27(15-30)7-9-28)19-11-17-10-18(13-19)14-20(23)12-17/h2-5,15,17-20H,6-14H2,1H3. The molecule has 1 saturated heterocycles. The molecule has 7 heteroatoms. The SMILES string of the molecule is Cc1ccc(-n2nnnc2C2(N3CCN(C=O)CC3)C3CC4CC(C3)CC2C4)cc1. The molecule has 0 N–H and O–H groups in total. The molecule has 7 nitrogen and oxygen atoms in total. The predicted octanol–water partition coefficient (Wildman–Crippen LogP) is 2.40. The molecule has 5 fully saturated rings. The van der Waals surface area contributed by atoms with Gasteiger partial charge in [-0.2, -0.15) is 4.68 Å². The molecule has 0 atom stereocenters. The molecule has 4 saturated carbocycles. The normalized spacial score (nSPS) is 35.7. The van der Waals surface area contributed by atoms with Crippen molar-refractivity contribution in [1.82, 2.24) is 30.0 Å². The maximum Gasteiger partial charge on any atom is 0.209 e. The molecule has 4 bridgehead atoms. The van der Waals surface area contributed by atoms with Gasteiger partial charge in [-0.05, 0) is 85.3 Å². The molecule has 4 aliphatic carbocycles. The van der Waals surface area contributed by atoms with Crippen molar-refractivity contribution in [2.75, 3.05) is 26.2 Å². The van der Waals surface area contributed by atoms with E-state index in [2.05, 4.69) is 46.5 Å². The van der Waals surface area contributed by atoms with Crippen LogP contribution in [-0.4, -0.2) is 62.6 Å². The Morgan fingerprint density at radius 1 is 0.933 bits per heavy atom. The van der Waals surface area contributed by atoms with Crippen LogP contribution in [0.25, 0.3) is 5.69 Å². The summed E-state index contributed by atoms with van der Waals surface area (Å²) in [5, 5.41) is 13.4. The first-order valence-corrected chi connectivity index (χ1v) is 11.5. The van der Waals surface area contributed by atoms with Crippen molar-refractivity contribution in [2.45, 2.75) is 44.6 Å². The van der Waals surface area contributed by atoms with Crippen LogP contribution in [0.3, 0.4) is 0 Å². The fraction of sp³-hybridized carbons (Fsp3) is 0.652. The van der Waals surface area contributed by atoms with E-state index in [1.807, 2.05) is 9.58 Å². The Labute approximate surface area is 177 Å². The number of hydrogen-bond donors (Lipinski definition) is 0. The molecule has 0 spiro atoms. The number of tetrazole rings is 1. The molecule has 5 aliphatic rings. The van der Waals surface area contributed by atoms with Gasteiger partial charge in [0, 0.05) is 26.2 Å². The zero-order valence-electron chi connectivity index (χ0n) is 17.7. The van der Waals surface area contributed by atoms with E-state index in [9.17, 15) is 4.79 Å². The molecular weight excluding hydrogens is 376 g/mol. The van der Waals surface area contributed by atoms with Crippen molar-refractivity contribution in [3.05, 3.63) is 35.7 Å². The molecule has 0 unspecified atom stereocenters. The summed E-state index contributed by atoms with van der Waals surface area (Å²) in [7, 11) is 0. The minimum absolute atomic E-state index is 0.114. The van der Waals surface area contributed by atoms with Crippen LogP contribution in [0.2, 0.25) is 0 Å². The lowest BCUT2D eigenvalue weighted by atomic mass is 9.47. The summed E-state index contributed by atoms with van der Waals surface area (Å²) >= 11 is 0. The second kappa shape index (κ2) is 6.87. The second-order valence-electron chi connectivity index (χ2n) is 10.0. The summed E-state index contributed by atoms with van der Waals surface area (Å²) in [6, 6.07) is 8.52. The van der Waals surface area contributed by atoms with Gasteiger partial charge in [-0.25, -0.2) is 0 Å². The second-order valence-corrected chi connectivity index (χ2v) is 10.0. The Balaban J connectivity index is 1.47. The molecule has 1 amide bonds. The Morgan fingerprint density at radius 3 is 2.17 bits per heavy atom. The van der Waals surface area contributed by atoms with Gasteiger partial charge in [-0.3, -0.25) is 9.69 Å². The quantitative estimate of drug-likeness (QED) is 0.730. The van der Waals surface area contributed by atoms with E-state index in [-0.39, 0.29) is 5.54 Å². The predicted molar refractivity (Wildman–Crippen MR) is 112 cm³/mol. The number of benzene rings is 1. The van der Waals surface area contributed by atoms with Gasteiger partial charge in [0.25, 0.3) is 0 Å². The third-order valence-corrected chi connectivity index (χ3v) is 8.48. The smallest absolute Gasteiger partial charge is 0.209 e. The number of nitrogens with zero attached hydrogens (tertiary/aromatic N) is 6. The highest BCUT2D eigenvalue weighted by atomic mass is 16.1. The molecule has 1 aromatic carbocycles. The summed E-state index contributed by atoms with van der Waals surface area (Å²) in [6.45, 7) is 5.51. The lowest BCUT2D eigenvalue weighted by Gasteiger charge is -2.64. The van der Waals surface area contributed by atoms with Crippen LogP contribution < -0.4 is 0 Å². The largest absolute Gasteiger partial charge is 0.343 e. The first-order chi connectivity index (χ1) is 14.7.